The first kappa shape index (κ1) is 13.0. The van der Waals surface area contributed by atoms with Gasteiger partial charge in [0.1, 0.15) is 4.32 Å². The van der Waals surface area contributed by atoms with Crippen molar-refractivity contribution in [1.82, 2.24) is 0 Å². The van der Waals surface area contributed by atoms with Crippen LogP contribution in [0, 0.1) is 0 Å². The molecule has 0 amide bonds. The molecule has 0 heterocycles. The van der Waals surface area contributed by atoms with E-state index in [9.17, 15) is 18.0 Å². The Bertz CT molecular complexity index is 413. The highest BCUT2D eigenvalue weighted by Gasteiger charge is 2.41. The van der Waals surface area contributed by atoms with Gasteiger partial charge in [-0.3, -0.25) is 4.79 Å². The second-order valence-electron chi connectivity index (χ2n) is 3.35. The highest BCUT2D eigenvalue weighted by atomic mass is 79.9. The Kier molecular flexibility index (Phi) is 3.33. The SMILES string of the molecule is CC(Br)(C(=O)O)c1ccccc1C(F)(F)F. The Morgan fingerprint density at radius 1 is 1.25 bits per heavy atom. The third kappa shape index (κ3) is 2.37. The topological polar surface area (TPSA) is 37.3 Å². The molecule has 16 heavy (non-hydrogen) atoms. The van der Waals surface area contributed by atoms with Crippen LogP contribution in [0.1, 0.15) is 18.1 Å². The van der Waals surface area contributed by atoms with Gasteiger partial charge in [0.15, 0.2) is 0 Å². The van der Waals surface area contributed by atoms with Gasteiger partial charge in [0.25, 0.3) is 0 Å². The van der Waals surface area contributed by atoms with Crippen LogP contribution in [0.5, 0.6) is 0 Å². The van der Waals surface area contributed by atoms with E-state index in [-0.39, 0.29) is 5.56 Å². The lowest BCUT2D eigenvalue weighted by atomic mass is 9.95. The van der Waals surface area contributed by atoms with Crippen LogP contribution < -0.4 is 0 Å². The molecule has 0 aliphatic heterocycles. The summed E-state index contributed by atoms with van der Waals surface area (Å²) in [6, 6.07) is 4.59. The molecule has 1 unspecified atom stereocenters. The van der Waals surface area contributed by atoms with Crippen molar-refractivity contribution < 1.29 is 23.1 Å². The first-order valence-corrected chi connectivity index (χ1v) is 5.05. The molecule has 1 N–H and O–H groups in total. The summed E-state index contributed by atoms with van der Waals surface area (Å²) in [7, 11) is 0. The van der Waals surface area contributed by atoms with E-state index < -0.39 is 22.0 Å². The first-order valence-electron chi connectivity index (χ1n) is 4.26. The van der Waals surface area contributed by atoms with E-state index in [1.165, 1.54) is 19.1 Å². The predicted molar refractivity (Wildman–Crippen MR) is 55.4 cm³/mol. The monoisotopic (exact) mass is 296 g/mol. The Morgan fingerprint density at radius 3 is 2.06 bits per heavy atom. The maximum Gasteiger partial charge on any atom is 0.416 e. The Hall–Kier alpha value is -1.04. The van der Waals surface area contributed by atoms with E-state index in [1.807, 2.05) is 0 Å². The summed E-state index contributed by atoms with van der Waals surface area (Å²) in [6.45, 7) is 1.17. The molecule has 1 aromatic carbocycles. The number of hydrogen-bond acceptors (Lipinski definition) is 1. The number of aliphatic carboxylic acids is 1. The molecule has 0 saturated carbocycles. The number of carbonyl (C=O) groups is 1. The molecule has 0 radical (unpaired) electrons. The fourth-order valence-corrected chi connectivity index (χ4v) is 1.60. The molecule has 0 aliphatic carbocycles. The Balaban J connectivity index is 3.41. The van der Waals surface area contributed by atoms with Crippen LogP contribution in [0.25, 0.3) is 0 Å². The molecule has 1 rings (SSSR count). The molecule has 0 spiro atoms. The van der Waals surface area contributed by atoms with Crippen LogP contribution in [0.4, 0.5) is 13.2 Å². The van der Waals surface area contributed by atoms with Gasteiger partial charge in [-0.25, -0.2) is 0 Å². The lowest BCUT2D eigenvalue weighted by molar-refractivity contribution is -0.142. The van der Waals surface area contributed by atoms with Crippen LogP contribution in [-0.2, 0) is 15.3 Å². The molecule has 2 nitrogen and oxygen atoms in total. The maximum atomic E-state index is 12.6. The molecule has 1 aromatic rings. The van der Waals surface area contributed by atoms with Crippen LogP contribution in [0.15, 0.2) is 24.3 Å². The number of rotatable bonds is 2. The Labute approximate surface area is 98.2 Å². The van der Waals surface area contributed by atoms with Crippen molar-refractivity contribution in [2.75, 3.05) is 0 Å². The first-order chi connectivity index (χ1) is 7.17. The zero-order valence-corrected chi connectivity index (χ0v) is 9.76. The smallest absolute Gasteiger partial charge is 0.416 e. The number of halogens is 4. The minimum atomic E-state index is -4.57. The van der Waals surface area contributed by atoms with Crippen LogP contribution in [0.3, 0.4) is 0 Å². The normalized spacial score (nSPS) is 15.6. The highest BCUT2D eigenvalue weighted by molar-refractivity contribution is 9.10. The lowest BCUT2D eigenvalue weighted by Crippen LogP contribution is -2.28. The number of alkyl halides is 4. The molecule has 6 heteroatoms. The zero-order chi connectivity index (χ0) is 12.6. The second kappa shape index (κ2) is 4.08. The molecule has 88 valence electrons. The van der Waals surface area contributed by atoms with Crippen molar-refractivity contribution in [3.63, 3.8) is 0 Å². The summed E-state index contributed by atoms with van der Waals surface area (Å²) in [4.78, 5) is 10.9. The van der Waals surface area contributed by atoms with Crippen LogP contribution in [-0.4, -0.2) is 11.1 Å². The largest absolute Gasteiger partial charge is 0.480 e. The number of carboxylic acids is 1. The highest BCUT2D eigenvalue weighted by Crippen LogP contribution is 2.40. The fraction of sp³-hybridized carbons (Fsp3) is 0.300. The average Bonchev–Trinajstić information content (AvgIpc) is 2.16. The summed E-state index contributed by atoms with van der Waals surface area (Å²) in [5.41, 5.74) is -1.26. The quantitative estimate of drug-likeness (QED) is 0.849. The third-order valence-corrected chi connectivity index (χ3v) is 2.91. The molecule has 1 atom stereocenters. The third-order valence-electron chi connectivity index (χ3n) is 2.14. The average molecular weight is 297 g/mol. The molecule has 0 aromatic heterocycles. The van der Waals surface area contributed by atoms with Gasteiger partial charge in [0, 0.05) is 0 Å². The van der Waals surface area contributed by atoms with E-state index >= 15 is 0 Å². The van der Waals surface area contributed by atoms with Crippen molar-refractivity contribution in [1.29, 1.82) is 0 Å². The molecular weight excluding hydrogens is 289 g/mol. The predicted octanol–water partition coefficient (Wildman–Crippen LogP) is 3.40. The van der Waals surface area contributed by atoms with Crippen molar-refractivity contribution in [3.05, 3.63) is 35.4 Å². The summed E-state index contributed by atoms with van der Waals surface area (Å²) >= 11 is 2.80. The zero-order valence-electron chi connectivity index (χ0n) is 8.18. The summed E-state index contributed by atoms with van der Waals surface area (Å²) < 4.78 is 36.1. The summed E-state index contributed by atoms with van der Waals surface area (Å²) in [6.07, 6.45) is -4.57. The number of hydrogen-bond donors (Lipinski definition) is 1. The van der Waals surface area contributed by atoms with Crippen molar-refractivity contribution in [3.8, 4) is 0 Å². The summed E-state index contributed by atoms with van der Waals surface area (Å²) in [5, 5.41) is 8.87. The van der Waals surface area contributed by atoms with E-state index in [0.29, 0.717) is 0 Å². The maximum absolute atomic E-state index is 12.6. The van der Waals surface area contributed by atoms with Gasteiger partial charge < -0.3 is 5.11 Å². The van der Waals surface area contributed by atoms with E-state index in [4.69, 9.17) is 5.11 Å². The molecular formula is C10H8BrF3O2. The van der Waals surface area contributed by atoms with Gasteiger partial charge in [-0.05, 0) is 18.6 Å². The fourth-order valence-electron chi connectivity index (χ4n) is 1.25. The molecule has 0 saturated heterocycles. The van der Waals surface area contributed by atoms with E-state index in [2.05, 4.69) is 15.9 Å². The van der Waals surface area contributed by atoms with Crippen molar-refractivity contribution in [2.24, 2.45) is 0 Å². The number of benzene rings is 1. The number of carboxylic acid groups (broad SMARTS) is 1. The summed E-state index contributed by atoms with van der Waals surface area (Å²) in [5.74, 6) is -1.37. The van der Waals surface area contributed by atoms with Gasteiger partial charge in [-0.2, -0.15) is 13.2 Å². The lowest BCUT2D eigenvalue weighted by Gasteiger charge is -2.22. The van der Waals surface area contributed by atoms with E-state index in [0.717, 1.165) is 12.1 Å². The van der Waals surface area contributed by atoms with Gasteiger partial charge in [0.2, 0.25) is 0 Å². The minimum absolute atomic E-state index is 0.310. The van der Waals surface area contributed by atoms with Crippen molar-refractivity contribution in [2.45, 2.75) is 17.4 Å². The second-order valence-corrected chi connectivity index (χ2v) is 4.94. The van der Waals surface area contributed by atoms with E-state index in [1.54, 1.807) is 0 Å². The van der Waals surface area contributed by atoms with Gasteiger partial charge in [-0.1, -0.05) is 34.1 Å². The van der Waals surface area contributed by atoms with Gasteiger partial charge >= 0.3 is 12.1 Å². The molecule has 0 bridgehead atoms. The minimum Gasteiger partial charge on any atom is -0.480 e. The van der Waals surface area contributed by atoms with Gasteiger partial charge in [0.05, 0.1) is 5.56 Å². The molecule has 0 fully saturated rings. The molecule has 0 aliphatic rings. The van der Waals surface area contributed by atoms with Crippen LogP contribution >= 0.6 is 15.9 Å². The Morgan fingerprint density at radius 2 is 1.69 bits per heavy atom. The standard InChI is InChI=1S/C10H8BrF3O2/c1-9(11,8(15)16)6-4-2-3-5-7(6)10(12,13)14/h2-5H,1H3,(H,15,16). The van der Waals surface area contributed by atoms with Crippen molar-refractivity contribution >= 4 is 21.9 Å². The van der Waals surface area contributed by atoms with Crippen LogP contribution in [0.2, 0.25) is 0 Å². The van der Waals surface area contributed by atoms with Gasteiger partial charge in [-0.15, -0.1) is 0 Å².